The third-order valence-electron chi connectivity index (χ3n) is 5.04. The molecule has 27 heavy (non-hydrogen) atoms. The number of rotatable bonds is 6. The van der Waals surface area contributed by atoms with Gasteiger partial charge in [0.15, 0.2) is 0 Å². The van der Waals surface area contributed by atoms with Gasteiger partial charge in [0.25, 0.3) is 0 Å². The summed E-state index contributed by atoms with van der Waals surface area (Å²) in [5, 5.41) is 0. The fraction of sp³-hybridized carbons (Fsp3) is 0.381. The Hall–Kier alpha value is -2.18. The highest BCUT2D eigenvalue weighted by Gasteiger charge is 2.25. The zero-order chi connectivity index (χ0) is 19.4. The Labute approximate surface area is 161 Å². The van der Waals surface area contributed by atoms with Gasteiger partial charge in [0.05, 0.1) is 4.90 Å². The molecule has 1 aliphatic heterocycles. The van der Waals surface area contributed by atoms with E-state index in [1.807, 2.05) is 18.2 Å². The molecule has 0 atom stereocenters. The van der Waals surface area contributed by atoms with Crippen molar-refractivity contribution < 1.29 is 13.2 Å². The van der Waals surface area contributed by atoms with E-state index in [2.05, 4.69) is 12.1 Å². The van der Waals surface area contributed by atoms with E-state index in [1.165, 1.54) is 9.87 Å². The maximum absolute atomic E-state index is 12.9. The molecular formula is C21H26N2O3S. The Balaban J connectivity index is 1.71. The van der Waals surface area contributed by atoms with E-state index in [0.717, 1.165) is 36.9 Å². The summed E-state index contributed by atoms with van der Waals surface area (Å²) in [6, 6.07) is 15.2. The van der Waals surface area contributed by atoms with Crippen LogP contribution in [-0.2, 0) is 27.7 Å². The average molecular weight is 387 g/mol. The summed E-state index contributed by atoms with van der Waals surface area (Å²) in [6.07, 6.45) is 3.25. The lowest BCUT2D eigenvalue weighted by molar-refractivity contribution is -0.116. The Morgan fingerprint density at radius 2 is 1.89 bits per heavy atom. The van der Waals surface area contributed by atoms with Gasteiger partial charge in [-0.2, -0.15) is 0 Å². The minimum atomic E-state index is -3.53. The van der Waals surface area contributed by atoms with Crippen molar-refractivity contribution in [2.24, 2.45) is 0 Å². The predicted octanol–water partition coefficient (Wildman–Crippen LogP) is 3.24. The fourth-order valence-corrected chi connectivity index (χ4v) is 4.77. The average Bonchev–Trinajstić information content (AvgIpc) is 2.67. The van der Waals surface area contributed by atoms with Gasteiger partial charge in [-0.3, -0.25) is 4.79 Å². The van der Waals surface area contributed by atoms with Crippen LogP contribution in [0.4, 0.5) is 5.69 Å². The fourth-order valence-electron chi connectivity index (χ4n) is 3.51. The normalized spacial score (nSPS) is 14.3. The van der Waals surface area contributed by atoms with Crippen LogP contribution in [0.5, 0.6) is 0 Å². The van der Waals surface area contributed by atoms with Crippen molar-refractivity contribution in [3.63, 3.8) is 0 Å². The van der Waals surface area contributed by atoms with Crippen molar-refractivity contribution in [1.82, 2.24) is 4.31 Å². The maximum Gasteiger partial charge on any atom is 0.242 e. The van der Waals surface area contributed by atoms with Crippen LogP contribution in [-0.4, -0.2) is 38.8 Å². The van der Waals surface area contributed by atoms with Crippen molar-refractivity contribution in [2.75, 3.05) is 25.0 Å². The minimum absolute atomic E-state index is 0.00964. The molecule has 6 heteroatoms. The molecular weight excluding hydrogens is 360 g/mol. The molecule has 1 heterocycles. The van der Waals surface area contributed by atoms with Gasteiger partial charge in [0.1, 0.15) is 0 Å². The second-order valence-corrected chi connectivity index (χ2v) is 9.03. The van der Waals surface area contributed by atoms with Gasteiger partial charge in [-0.05, 0) is 55.0 Å². The van der Waals surface area contributed by atoms with Crippen LogP contribution >= 0.6 is 0 Å². The standard InChI is InChI=1S/C21H26N2O3S/c1-17(24)23-15-7-11-19-16-20(12-13-21(19)23)27(25,26)22(2)14-6-10-18-8-4-3-5-9-18/h3-5,8-9,12-13,16H,6-7,10-11,14-15H2,1-2H3. The smallest absolute Gasteiger partial charge is 0.242 e. The lowest BCUT2D eigenvalue weighted by atomic mass is 10.0. The van der Waals surface area contributed by atoms with Crippen LogP contribution in [0.1, 0.15) is 30.9 Å². The molecule has 1 aliphatic rings. The number of aryl methyl sites for hydroxylation is 2. The zero-order valence-corrected chi connectivity index (χ0v) is 16.7. The summed E-state index contributed by atoms with van der Waals surface area (Å²) in [6.45, 7) is 2.70. The summed E-state index contributed by atoms with van der Waals surface area (Å²) >= 11 is 0. The second-order valence-electron chi connectivity index (χ2n) is 6.98. The molecule has 3 rings (SSSR count). The minimum Gasteiger partial charge on any atom is -0.312 e. The van der Waals surface area contributed by atoms with Crippen molar-refractivity contribution in [3.8, 4) is 0 Å². The van der Waals surface area contributed by atoms with E-state index in [-0.39, 0.29) is 5.91 Å². The van der Waals surface area contributed by atoms with Crippen LogP contribution in [0.2, 0.25) is 0 Å². The molecule has 0 N–H and O–H groups in total. The molecule has 0 radical (unpaired) electrons. The highest BCUT2D eigenvalue weighted by atomic mass is 32.2. The highest BCUT2D eigenvalue weighted by Crippen LogP contribution is 2.30. The van der Waals surface area contributed by atoms with Crippen LogP contribution in [0.25, 0.3) is 0 Å². The first-order valence-corrected chi connectivity index (χ1v) is 10.7. The SMILES string of the molecule is CC(=O)N1CCCc2cc(S(=O)(=O)N(C)CCCc3ccccc3)ccc21. The molecule has 0 fully saturated rings. The van der Waals surface area contributed by atoms with Crippen LogP contribution < -0.4 is 4.90 Å². The molecule has 144 valence electrons. The predicted molar refractivity (Wildman–Crippen MR) is 107 cm³/mol. The summed E-state index contributed by atoms with van der Waals surface area (Å²) in [5.74, 6) is -0.00964. The monoisotopic (exact) mass is 386 g/mol. The summed E-state index contributed by atoms with van der Waals surface area (Å²) in [5.41, 5.74) is 2.97. The van der Waals surface area contributed by atoms with Crippen molar-refractivity contribution in [3.05, 3.63) is 59.7 Å². The molecule has 2 aromatic carbocycles. The molecule has 0 saturated heterocycles. The summed E-state index contributed by atoms with van der Waals surface area (Å²) < 4.78 is 27.3. The second kappa shape index (κ2) is 8.23. The number of sulfonamides is 1. The first kappa shape index (κ1) is 19.6. The molecule has 0 bridgehead atoms. The number of anilines is 1. The summed E-state index contributed by atoms with van der Waals surface area (Å²) in [7, 11) is -1.91. The van der Waals surface area contributed by atoms with Crippen LogP contribution in [0, 0.1) is 0 Å². The first-order chi connectivity index (χ1) is 12.9. The van der Waals surface area contributed by atoms with Gasteiger partial charge in [-0.25, -0.2) is 12.7 Å². The molecule has 2 aromatic rings. The van der Waals surface area contributed by atoms with E-state index < -0.39 is 10.0 Å². The number of nitrogens with zero attached hydrogens (tertiary/aromatic N) is 2. The Kier molecular flexibility index (Phi) is 5.97. The quantitative estimate of drug-likeness (QED) is 0.766. The highest BCUT2D eigenvalue weighted by molar-refractivity contribution is 7.89. The molecule has 0 unspecified atom stereocenters. The van der Waals surface area contributed by atoms with Gasteiger partial charge in [0.2, 0.25) is 15.9 Å². The number of fused-ring (bicyclic) bond motifs is 1. The van der Waals surface area contributed by atoms with Gasteiger partial charge in [-0.15, -0.1) is 0 Å². The third kappa shape index (κ3) is 4.39. The van der Waals surface area contributed by atoms with Crippen LogP contribution in [0.3, 0.4) is 0 Å². The summed E-state index contributed by atoms with van der Waals surface area (Å²) in [4.78, 5) is 13.8. The molecule has 0 aromatic heterocycles. The number of hydrogen-bond acceptors (Lipinski definition) is 3. The van der Waals surface area contributed by atoms with Crippen LogP contribution in [0.15, 0.2) is 53.4 Å². The third-order valence-corrected chi connectivity index (χ3v) is 6.89. The van der Waals surface area contributed by atoms with Crippen molar-refractivity contribution in [2.45, 2.75) is 37.5 Å². The maximum atomic E-state index is 12.9. The van der Waals surface area contributed by atoms with Crippen molar-refractivity contribution in [1.29, 1.82) is 0 Å². The topological polar surface area (TPSA) is 57.7 Å². The lowest BCUT2D eigenvalue weighted by Gasteiger charge is -2.29. The van der Waals surface area contributed by atoms with E-state index in [1.54, 1.807) is 37.1 Å². The van der Waals surface area contributed by atoms with Gasteiger partial charge >= 0.3 is 0 Å². The Morgan fingerprint density at radius 1 is 1.15 bits per heavy atom. The van der Waals surface area contributed by atoms with Gasteiger partial charge in [0, 0.05) is 32.7 Å². The molecule has 0 saturated carbocycles. The number of carbonyl (C=O) groups excluding carboxylic acids is 1. The number of carbonyl (C=O) groups is 1. The van der Waals surface area contributed by atoms with E-state index >= 15 is 0 Å². The van der Waals surface area contributed by atoms with Gasteiger partial charge in [-0.1, -0.05) is 30.3 Å². The lowest BCUT2D eigenvalue weighted by Crippen LogP contribution is -2.34. The number of hydrogen-bond donors (Lipinski definition) is 0. The number of benzene rings is 2. The van der Waals surface area contributed by atoms with E-state index in [9.17, 15) is 13.2 Å². The van der Waals surface area contributed by atoms with E-state index in [4.69, 9.17) is 0 Å². The largest absolute Gasteiger partial charge is 0.312 e. The molecule has 1 amide bonds. The first-order valence-electron chi connectivity index (χ1n) is 9.31. The molecule has 0 spiro atoms. The molecule has 0 aliphatic carbocycles. The number of amides is 1. The van der Waals surface area contributed by atoms with Crippen molar-refractivity contribution >= 4 is 21.6 Å². The molecule has 5 nitrogen and oxygen atoms in total. The Bertz CT molecular complexity index is 910. The van der Waals surface area contributed by atoms with Gasteiger partial charge < -0.3 is 4.90 Å². The Morgan fingerprint density at radius 3 is 2.59 bits per heavy atom. The van der Waals surface area contributed by atoms with E-state index in [0.29, 0.717) is 18.0 Å². The zero-order valence-electron chi connectivity index (χ0n) is 15.9.